The second-order valence-corrected chi connectivity index (χ2v) is 10.5. The number of piperidine rings is 1. The number of sulfonamides is 1. The lowest BCUT2D eigenvalue weighted by Crippen LogP contribution is -2.51. The summed E-state index contributed by atoms with van der Waals surface area (Å²) in [6, 6.07) is 8.28. The molecule has 6 nitrogen and oxygen atoms in total. The highest BCUT2D eigenvalue weighted by Gasteiger charge is 2.40. The van der Waals surface area contributed by atoms with E-state index in [4.69, 9.17) is 11.6 Å². The second kappa shape index (κ2) is 8.38. The Balaban J connectivity index is 1.34. The van der Waals surface area contributed by atoms with Gasteiger partial charge in [0.15, 0.2) is 0 Å². The quantitative estimate of drug-likeness (QED) is 0.722. The maximum Gasteiger partial charge on any atom is 0.243 e. The average molecular weight is 437 g/mol. The predicted molar refractivity (Wildman–Crippen MR) is 115 cm³/mol. The van der Waals surface area contributed by atoms with Crippen LogP contribution in [0.15, 0.2) is 41.6 Å². The highest BCUT2D eigenvalue weighted by molar-refractivity contribution is 7.89. The minimum Gasteiger partial charge on any atom is -0.302 e. The second-order valence-electron chi connectivity index (χ2n) is 8.34. The minimum atomic E-state index is -3.51. The molecule has 1 saturated heterocycles. The number of likely N-dealkylation sites (tertiary alicyclic amines) is 1. The number of nitrogens with one attached hydrogen (secondary N) is 1. The molecule has 0 bridgehead atoms. The molecule has 158 valence electrons. The van der Waals surface area contributed by atoms with E-state index in [9.17, 15) is 8.42 Å². The number of aromatic nitrogens is 2. The van der Waals surface area contributed by atoms with Gasteiger partial charge in [0.05, 0.1) is 6.20 Å². The normalized spacial score (nSPS) is 20.5. The van der Waals surface area contributed by atoms with Crippen LogP contribution in [0, 0.1) is 0 Å². The first-order chi connectivity index (χ1) is 13.9. The molecule has 1 aliphatic heterocycles. The van der Waals surface area contributed by atoms with Crippen LogP contribution in [0.1, 0.15) is 44.6 Å². The Bertz CT molecular complexity index is 930. The molecule has 1 aromatic carbocycles. The zero-order chi connectivity index (χ0) is 20.5. The Morgan fingerprint density at radius 1 is 1.21 bits per heavy atom. The third-order valence-corrected chi connectivity index (χ3v) is 8.17. The number of hydrogen-bond donors (Lipinski definition) is 1. The van der Waals surface area contributed by atoms with Crippen LogP contribution in [0.25, 0.3) is 0 Å². The van der Waals surface area contributed by atoms with Crippen LogP contribution in [0.3, 0.4) is 0 Å². The number of hydrogen-bond acceptors (Lipinski definition) is 4. The van der Waals surface area contributed by atoms with E-state index in [0.717, 1.165) is 37.5 Å². The average Bonchev–Trinajstić information content (AvgIpc) is 3.17. The topological polar surface area (TPSA) is 67.2 Å². The van der Waals surface area contributed by atoms with E-state index in [1.54, 1.807) is 10.9 Å². The lowest BCUT2D eigenvalue weighted by atomic mass is 9.64. The summed E-state index contributed by atoms with van der Waals surface area (Å²) < 4.78 is 29.7. The predicted octanol–water partition coefficient (Wildman–Crippen LogP) is 3.42. The third kappa shape index (κ3) is 4.53. The summed E-state index contributed by atoms with van der Waals surface area (Å²) in [6.07, 6.45) is 8.36. The lowest BCUT2D eigenvalue weighted by molar-refractivity contribution is 0.115. The van der Waals surface area contributed by atoms with E-state index >= 15 is 0 Å². The molecule has 2 aromatic rings. The van der Waals surface area contributed by atoms with Gasteiger partial charge in [0, 0.05) is 35.8 Å². The van der Waals surface area contributed by atoms with Gasteiger partial charge in [0.2, 0.25) is 10.0 Å². The largest absolute Gasteiger partial charge is 0.302 e. The maximum absolute atomic E-state index is 12.6. The summed E-state index contributed by atoms with van der Waals surface area (Å²) in [7, 11) is -3.51. The van der Waals surface area contributed by atoms with E-state index < -0.39 is 10.0 Å². The number of halogens is 1. The molecular formula is C21H29ClN4O2S. The Morgan fingerprint density at radius 2 is 1.90 bits per heavy atom. The van der Waals surface area contributed by atoms with Gasteiger partial charge >= 0.3 is 0 Å². The van der Waals surface area contributed by atoms with Gasteiger partial charge in [0.25, 0.3) is 0 Å². The summed E-state index contributed by atoms with van der Waals surface area (Å²) in [5.74, 6) is 0. The number of nitrogens with zero attached hydrogens (tertiary/aromatic N) is 3. The van der Waals surface area contributed by atoms with E-state index in [-0.39, 0.29) is 16.4 Å². The standard InChI is InChI=1S/C21H29ClN4O2S/c1-2-26-15-20(14-23-26)29(27,28)24-19-8-12-25(13-9-19)16-21(10-3-11-21)17-4-6-18(22)7-5-17/h4-7,14-15,19,24H,2-3,8-13,16H2,1H3. The van der Waals surface area contributed by atoms with Gasteiger partial charge in [-0.05, 0) is 63.4 Å². The van der Waals surface area contributed by atoms with Crippen molar-refractivity contribution in [2.45, 2.75) is 61.9 Å². The fourth-order valence-corrected chi connectivity index (χ4v) is 5.91. The van der Waals surface area contributed by atoms with Crippen LogP contribution in [-0.4, -0.2) is 48.8 Å². The molecule has 29 heavy (non-hydrogen) atoms. The van der Waals surface area contributed by atoms with E-state index in [2.05, 4.69) is 26.9 Å². The monoisotopic (exact) mass is 436 g/mol. The van der Waals surface area contributed by atoms with Crippen molar-refractivity contribution < 1.29 is 8.42 Å². The lowest BCUT2D eigenvalue weighted by Gasteiger charge is -2.47. The van der Waals surface area contributed by atoms with Crippen LogP contribution in [-0.2, 0) is 22.0 Å². The Kier molecular flexibility index (Phi) is 6.02. The van der Waals surface area contributed by atoms with Crippen molar-refractivity contribution >= 4 is 21.6 Å². The Morgan fingerprint density at radius 3 is 2.45 bits per heavy atom. The molecule has 1 aromatic heterocycles. The van der Waals surface area contributed by atoms with Gasteiger partial charge in [-0.2, -0.15) is 5.10 Å². The fourth-order valence-electron chi connectivity index (χ4n) is 4.53. The fraction of sp³-hybridized carbons (Fsp3) is 0.571. The molecule has 8 heteroatoms. The summed E-state index contributed by atoms with van der Waals surface area (Å²) in [5, 5.41) is 4.86. The van der Waals surface area contributed by atoms with Gasteiger partial charge in [0.1, 0.15) is 4.90 Å². The number of rotatable bonds is 7. The Labute approximate surface area is 178 Å². The molecule has 0 radical (unpaired) electrons. The summed E-state index contributed by atoms with van der Waals surface area (Å²) >= 11 is 6.07. The van der Waals surface area contributed by atoms with Crippen molar-refractivity contribution in [2.24, 2.45) is 0 Å². The molecule has 1 saturated carbocycles. The molecule has 2 aliphatic rings. The molecule has 4 rings (SSSR count). The Hall–Kier alpha value is -1.41. The van der Waals surface area contributed by atoms with Crippen molar-refractivity contribution in [2.75, 3.05) is 19.6 Å². The highest BCUT2D eigenvalue weighted by atomic mass is 35.5. The molecule has 2 heterocycles. The van der Waals surface area contributed by atoms with Gasteiger partial charge in [-0.3, -0.25) is 4.68 Å². The van der Waals surface area contributed by atoms with Gasteiger partial charge < -0.3 is 4.90 Å². The zero-order valence-electron chi connectivity index (χ0n) is 16.8. The van der Waals surface area contributed by atoms with Gasteiger partial charge in [-0.25, -0.2) is 13.1 Å². The third-order valence-electron chi connectivity index (χ3n) is 6.45. The van der Waals surface area contributed by atoms with Crippen molar-refractivity contribution in [3.8, 4) is 0 Å². The van der Waals surface area contributed by atoms with Crippen LogP contribution in [0.5, 0.6) is 0 Å². The first-order valence-electron chi connectivity index (χ1n) is 10.4. The first-order valence-corrected chi connectivity index (χ1v) is 12.3. The zero-order valence-corrected chi connectivity index (χ0v) is 18.4. The summed E-state index contributed by atoms with van der Waals surface area (Å²) in [5.41, 5.74) is 1.61. The smallest absolute Gasteiger partial charge is 0.243 e. The number of aryl methyl sites for hydroxylation is 1. The molecule has 0 unspecified atom stereocenters. The van der Waals surface area contributed by atoms with Crippen LogP contribution < -0.4 is 4.72 Å². The molecule has 0 amide bonds. The molecule has 0 atom stereocenters. The van der Waals surface area contributed by atoms with E-state index in [0.29, 0.717) is 6.54 Å². The summed E-state index contributed by atoms with van der Waals surface area (Å²) in [4.78, 5) is 2.74. The molecule has 1 N–H and O–H groups in total. The molecule has 2 fully saturated rings. The first kappa shape index (κ1) is 20.8. The molecular weight excluding hydrogens is 408 g/mol. The maximum atomic E-state index is 12.6. The summed E-state index contributed by atoms with van der Waals surface area (Å²) in [6.45, 7) is 5.46. The van der Waals surface area contributed by atoms with Gasteiger partial charge in [-0.15, -0.1) is 0 Å². The minimum absolute atomic E-state index is 0.0194. The van der Waals surface area contributed by atoms with Crippen LogP contribution in [0.4, 0.5) is 0 Å². The van der Waals surface area contributed by atoms with Crippen molar-refractivity contribution in [1.29, 1.82) is 0 Å². The van der Waals surface area contributed by atoms with Gasteiger partial charge in [-0.1, -0.05) is 30.2 Å². The van der Waals surface area contributed by atoms with Crippen molar-refractivity contribution in [1.82, 2.24) is 19.4 Å². The van der Waals surface area contributed by atoms with Crippen molar-refractivity contribution in [3.63, 3.8) is 0 Å². The number of benzene rings is 1. The van der Waals surface area contributed by atoms with Crippen molar-refractivity contribution in [3.05, 3.63) is 47.2 Å². The molecule has 0 spiro atoms. The van der Waals surface area contributed by atoms with E-state index in [1.165, 1.54) is 31.0 Å². The molecule has 1 aliphatic carbocycles. The highest BCUT2D eigenvalue weighted by Crippen LogP contribution is 2.44. The SMILES string of the molecule is CCn1cc(S(=O)(=O)NC2CCN(CC3(c4ccc(Cl)cc4)CCC3)CC2)cn1. The van der Waals surface area contributed by atoms with Crippen LogP contribution in [0.2, 0.25) is 5.02 Å². The van der Waals surface area contributed by atoms with Crippen LogP contribution >= 0.6 is 11.6 Å². The van der Waals surface area contributed by atoms with E-state index in [1.807, 2.05) is 19.1 Å².